The van der Waals surface area contributed by atoms with Crippen LogP contribution in [-0.4, -0.2) is 25.7 Å². The monoisotopic (exact) mass is 200 g/mol. The van der Waals surface area contributed by atoms with Gasteiger partial charge in [0.1, 0.15) is 0 Å². The van der Waals surface area contributed by atoms with Crippen molar-refractivity contribution < 1.29 is 19.1 Å². The van der Waals surface area contributed by atoms with Gasteiger partial charge in [0.2, 0.25) is 0 Å². The molecule has 0 bridgehead atoms. The molecule has 1 fully saturated rings. The molecule has 0 aromatic heterocycles. The Morgan fingerprint density at radius 3 is 2.00 bits per heavy atom. The molecule has 4 nitrogen and oxygen atoms in total. The summed E-state index contributed by atoms with van der Waals surface area (Å²) in [5.74, 6) is -0.911. The average molecular weight is 200 g/mol. The fraction of sp³-hybridized carbons (Fsp3) is 0.800. The lowest BCUT2D eigenvalue weighted by molar-refractivity contribution is -0.164. The normalized spacial score (nSPS) is 34.9. The van der Waals surface area contributed by atoms with E-state index in [0.717, 1.165) is 0 Å². The summed E-state index contributed by atoms with van der Waals surface area (Å²) >= 11 is 0. The summed E-state index contributed by atoms with van der Waals surface area (Å²) in [4.78, 5) is 23.1. The highest BCUT2D eigenvalue weighted by Crippen LogP contribution is 2.59. The van der Waals surface area contributed by atoms with Crippen molar-refractivity contribution in [1.29, 1.82) is 0 Å². The predicted octanol–water partition coefficient (Wildman–Crippen LogP) is 0.995. The number of rotatable bonds is 3. The fourth-order valence-electron chi connectivity index (χ4n) is 2.02. The summed E-state index contributed by atoms with van der Waals surface area (Å²) in [5, 5.41) is 0. The second kappa shape index (κ2) is 3.59. The van der Waals surface area contributed by atoms with Crippen LogP contribution in [0.4, 0.5) is 0 Å². The Hall–Kier alpha value is -1.06. The summed E-state index contributed by atoms with van der Waals surface area (Å²) in [6.07, 6.45) is 0. The number of methoxy groups -OCH3 is 1. The van der Waals surface area contributed by atoms with Crippen LogP contribution in [0.3, 0.4) is 0 Å². The van der Waals surface area contributed by atoms with Gasteiger partial charge in [0, 0.05) is 0 Å². The van der Waals surface area contributed by atoms with Crippen LogP contribution in [0.5, 0.6) is 0 Å². The number of carbonyl (C=O) groups is 2. The van der Waals surface area contributed by atoms with E-state index in [1.54, 1.807) is 6.92 Å². The molecule has 80 valence electrons. The zero-order chi connectivity index (χ0) is 10.9. The van der Waals surface area contributed by atoms with Crippen LogP contribution in [0.25, 0.3) is 0 Å². The molecule has 0 spiro atoms. The van der Waals surface area contributed by atoms with Crippen molar-refractivity contribution in [2.24, 2.45) is 17.3 Å². The Morgan fingerprint density at radius 2 is 1.71 bits per heavy atom. The third kappa shape index (κ3) is 1.21. The second-order valence-electron chi connectivity index (χ2n) is 3.66. The topological polar surface area (TPSA) is 52.6 Å². The van der Waals surface area contributed by atoms with Gasteiger partial charge < -0.3 is 9.47 Å². The lowest BCUT2D eigenvalue weighted by atomic mass is 10.0. The largest absolute Gasteiger partial charge is 0.468 e. The van der Waals surface area contributed by atoms with E-state index in [2.05, 4.69) is 4.74 Å². The maximum atomic E-state index is 11.6. The van der Waals surface area contributed by atoms with Crippen LogP contribution < -0.4 is 0 Å². The standard InChI is InChI=1S/C10H16O4/c1-5-14-9(12)10(8(11)13-4)6(2)7(10)3/h6-7H,5H2,1-4H3/t6-,7-/m1/s1. The smallest absolute Gasteiger partial charge is 0.324 e. The molecule has 0 saturated heterocycles. The first-order valence-corrected chi connectivity index (χ1v) is 4.79. The summed E-state index contributed by atoms with van der Waals surface area (Å²) in [5.41, 5.74) is -1.04. The van der Waals surface area contributed by atoms with Crippen LogP contribution in [0.15, 0.2) is 0 Å². The molecular formula is C10H16O4. The highest BCUT2D eigenvalue weighted by atomic mass is 16.6. The van der Waals surface area contributed by atoms with Gasteiger partial charge in [-0.2, -0.15) is 0 Å². The lowest BCUT2D eigenvalue weighted by Crippen LogP contribution is -2.32. The van der Waals surface area contributed by atoms with Crippen LogP contribution in [0.1, 0.15) is 20.8 Å². The molecule has 1 aliphatic carbocycles. The van der Waals surface area contributed by atoms with Gasteiger partial charge in [-0.1, -0.05) is 13.8 Å². The molecule has 0 aliphatic heterocycles. The highest BCUT2D eigenvalue weighted by Gasteiger charge is 2.72. The van der Waals surface area contributed by atoms with Gasteiger partial charge in [-0.15, -0.1) is 0 Å². The number of ether oxygens (including phenoxy) is 2. The SMILES string of the molecule is CCOC(=O)C1(C(=O)OC)[C@H](C)[C@H]1C. The molecule has 0 radical (unpaired) electrons. The van der Waals surface area contributed by atoms with Gasteiger partial charge in [-0.25, -0.2) is 0 Å². The van der Waals surface area contributed by atoms with E-state index in [1.165, 1.54) is 7.11 Å². The molecular weight excluding hydrogens is 184 g/mol. The number of esters is 2. The van der Waals surface area contributed by atoms with Crippen molar-refractivity contribution in [2.45, 2.75) is 20.8 Å². The van der Waals surface area contributed by atoms with Gasteiger partial charge in [0.05, 0.1) is 13.7 Å². The van der Waals surface area contributed by atoms with E-state index in [4.69, 9.17) is 4.74 Å². The maximum Gasteiger partial charge on any atom is 0.324 e. The molecule has 2 atom stereocenters. The number of hydrogen-bond acceptors (Lipinski definition) is 4. The first-order chi connectivity index (χ1) is 6.53. The third-order valence-electron chi connectivity index (χ3n) is 3.21. The Kier molecular flexibility index (Phi) is 2.83. The van der Waals surface area contributed by atoms with Gasteiger partial charge in [0.25, 0.3) is 0 Å². The first kappa shape index (κ1) is 11.0. The van der Waals surface area contributed by atoms with Crippen LogP contribution in [0, 0.1) is 17.3 Å². The second-order valence-corrected chi connectivity index (χ2v) is 3.66. The van der Waals surface area contributed by atoms with E-state index in [9.17, 15) is 9.59 Å². The van der Waals surface area contributed by atoms with E-state index >= 15 is 0 Å². The molecule has 0 amide bonds. The van der Waals surface area contributed by atoms with Crippen molar-refractivity contribution in [3.8, 4) is 0 Å². The summed E-state index contributed by atoms with van der Waals surface area (Å²) in [6.45, 7) is 5.73. The lowest BCUT2D eigenvalue weighted by Gasteiger charge is -2.12. The van der Waals surface area contributed by atoms with Gasteiger partial charge in [0.15, 0.2) is 5.41 Å². The van der Waals surface area contributed by atoms with Gasteiger partial charge >= 0.3 is 11.9 Å². The predicted molar refractivity (Wildman–Crippen MR) is 49.4 cm³/mol. The molecule has 4 heteroatoms. The summed E-state index contributed by atoms with van der Waals surface area (Å²) < 4.78 is 9.54. The molecule has 0 heterocycles. The summed E-state index contributed by atoms with van der Waals surface area (Å²) in [7, 11) is 1.29. The van der Waals surface area contributed by atoms with Crippen molar-refractivity contribution in [1.82, 2.24) is 0 Å². The Balaban J connectivity index is 2.86. The van der Waals surface area contributed by atoms with Crippen molar-refractivity contribution in [3.05, 3.63) is 0 Å². The maximum absolute atomic E-state index is 11.6. The van der Waals surface area contributed by atoms with E-state index in [1.807, 2.05) is 13.8 Å². The van der Waals surface area contributed by atoms with Crippen LogP contribution in [-0.2, 0) is 19.1 Å². The van der Waals surface area contributed by atoms with Gasteiger partial charge in [-0.05, 0) is 18.8 Å². The molecule has 1 rings (SSSR count). The minimum absolute atomic E-state index is 0.00833. The minimum atomic E-state index is -1.04. The average Bonchev–Trinajstić information content (AvgIpc) is 2.70. The van der Waals surface area contributed by atoms with E-state index in [-0.39, 0.29) is 18.4 Å². The van der Waals surface area contributed by atoms with E-state index < -0.39 is 17.4 Å². The van der Waals surface area contributed by atoms with Crippen LogP contribution in [0.2, 0.25) is 0 Å². The first-order valence-electron chi connectivity index (χ1n) is 4.79. The van der Waals surface area contributed by atoms with Crippen molar-refractivity contribution in [3.63, 3.8) is 0 Å². The zero-order valence-electron chi connectivity index (χ0n) is 8.99. The fourth-order valence-corrected chi connectivity index (χ4v) is 2.02. The van der Waals surface area contributed by atoms with Crippen LogP contribution >= 0.6 is 0 Å². The Bertz CT molecular complexity index is 251. The number of hydrogen-bond donors (Lipinski definition) is 0. The minimum Gasteiger partial charge on any atom is -0.468 e. The van der Waals surface area contributed by atoms with Crippen molar-refractivity contribution in [2.75, 3.05) is 13.7 Å². The summed E-state index contributed by atoms with van der Waals surface area (Å²) in [6, 6.07) is 0. The van der Waals surface area contributed by atoms with E-state index in [0.29, 0.717) is 0 Å². The third-order valence-corrected chi connectivity index (χ3v) is 3.21. The molecule has 0 aromatic rings. The number of carbonyl (C=O) groups excluding carboxylic acids is 2. The molecule has 0 N–H and O–H groups in total. The Labute approximate surface area is 83.6 Å². The molecule has 14 heavy (non-hydrogen) atoms. The zero-order valence-corrected chi connectivity index (χ0v) is 8.99. The van der Waals surface area contributed by atoms with Gasteiger partial charge in [-0.3, -0.25) is 9.59 Å². The molecule has 1 aliphatic rings. The molecule has 0 unspecified atom stereocenters. The highest BCUT2D eigenvalue weighted by molar-refractivity contribution is 6.04. The Morgan fingerprint density at radius 1 is 1.21 bits per heavy atom. The quantitative estimate of drug-likeness (QED) is 0.503. The molecule has 0 aromatic carbocycles. The van der Waals surface area contributed by atoms with Crippen molar-refractivity contribution >= 4 is 11.9 Å². The molecule has 1 saturated carbocycles.